The molecule has 0 aliphatic rings. The molecule has 0 radical (unpaired) electrons. The average Bonchev–Trinajstić information content (AvgIpc) is 2.43. The van der Waals surface area contributed by atoms with Crippen molar-refractivity contribution < 1.29 is 14.3 Å². The van der Waals surface area contributed by atoms with Gasteiger partial charge in [-0.15, -0.1) is 0 Å². The fraction of sp³-hybridized carbons (Fsp3) is 0.222. The Morgan fingerprint density at radius 1 is 0.957 bits per heavy atom. The Morgan fingerprint density at radius 2 is 1.65 bits per heavy atom. The molecule has 2 rings (SSSR count). The molecule has 0 aromatic heterocycles. The van der Waals surface area contributed by atoms with E-state index in [2.05, 4.69) is 10.6 Å². The van der Waals surface area contributed by atoms with Gasteiger partial charge < -0.3 is 15.4 Å². The highest BCUT2D eigenvalue weighted by atomic mass is 16.5. The average molecular weight is 312 g/mol. The predicted molar refractivity (Wildman–Crippen MR) is 90.8 cm³/mol. The van der Waals surface area contributed by atoms with Crippen molar-refractivity contribution in [3.63, 3.8) is 0 Å². The van der Waals surface area contributed by atoms with Crippen molar-refractivity contribution in [2.24, 2.45) is 0 Å². The van der Waals surface area contributed by atoms with Gasteiger partial charge in [0.25, 0.3) is 5.91 Å². The monoisotopic (exact) mass is 312 g/mol. The maximum Gasteiger partial charge on any atom is 0.262 e. The number of ether oxygens (including phenoxy) is 1. The van der Waals surface area contributed by atoms with E-state index in [1.807, 2.05) is 32.0 Å². The van der Waals surface area contributed by atoms with E-state index in [1.54, 1.807) is 24.3 Å². The number of amides is 2. The van der Waals surface area contributed by atoms with Gasteiger partial charge in [0.15, 0.2) is 6.61 Å². The van der Waals surface area contributed by atoms with E-state index < -0.39 is 0 Å². The smallest absolute Gasteiger partial charge is 0.262 e. The number of nitrogens with one attached hydrogen (secondary N) is 2. The highest BCUT2D eigenvalue weighted by molar-refractivity contribution is 5.92. The summed E-state index contributed by atoms with van der Waals surface area (Å²) < 4.78 is 5.46. The van der Waals surface area contributed by atoms with E-state index >= 15 is 0 Å². The molecule has 23 heavy (non-hydrogen) atoms. The van der Waals surface area contributed by atoms with Gasteiger partial charge in [0.1, 0.15) is 5.75 Å². The van der Waals surface area contributed by atoms with Crippen LogP contribution in [0, 0.1) is 13.8 Å². The summed E-state index contributed by atoms with van der Waals surface area (Å²) in [6.07, 6.45) is 0. The summed E-state index contributed by atoms with van der Waals surface area (Å²) in [5.41, 5.74) is 3.56. The van der Waals surface area contributed by atoms with Gasteiger partial charge in [0, 0.05) is 24.4 Å². The lowest BCUT2D eigenvalue weighted by Crippen LogP contribution is -2.20. The van der Waals surface area contributed by atoms with Crippen LogP contribution in [-0.2, 0) is 9.59 Å². The molecule has 0 bridgehead atoms. The fourth-order valence-corrected chi connectivity index (χ4v) is 2.26. The van der Waals surface area contributed by atoms with Crippen LogP contribution in [0.3, 0.4) is 0 Å². The summed E-state index contributed by atoms with van der Waals surface area (Å²) in [5, 5.41) is 5.47. The van der Waals surface area contributed by atoms with Crippen molar-refractivity contribution in [1.82, 2.24) is 0 Å². The van der Waals surface area contributed by atoms with E-state index in [0.29, 0.717) is 11.4 Å². The van der Waals surface area contributed by atoms with Crippen molar-refractivity contribution in [1.29, 1.82) is 0 Å². The third-order valence-corrected chi connectivity index (χ3v) is 3.03. The molecule has 5 heteroatoms. The zero-order valence-electron chi connectivity index (χ0n) is 13.5. The second-order valence-corrected chi connectivity index (χ2v) is 5.42. The zero-order chi connectivity index (χ0) is 16.8. The molecule has 0 heterocycles. The SMILES string of the molecule is CC(=O)Nc1cccc(OCC(=O)Nc2cc(C)cc(C)c2)c1. The predicted octanol–water partition coefficient (Wildman–Crippen LogP) is 3.28. The van der Waals surface area contributed by atoms with Gasteiger partial charge in [-0.2, -0.15) is 0 Å². The van der Waals surface area contributed by atoms with Gasteiger partial charge in [-0.05, 0) is 49.2 Å². The topological polar surface area (TPSA) is 67.4 Å². The number of carbonyl (C=O) groups excluding carboxylic acids is 2. The molecule has 120 valence electrons. The standard InChI is InChI=1S/C18H20N2O3/c1-12-7-13(2)9-16(8-12)20-18(22)11-23-17-6-4-5-15(10-17)19-14(3)21/h4-10H,11H2,1-3H3,(H,19,21)(H,20,22). The number of anilines is 2. The third kappa shape index (κ3) is 5.47. The molecule has 2 N–H and O–H groups in total. The maximum atomic E-state index is 12.0. The fourth-order valence-electron chi connectivity index (χ4n) is 2.26. The van der Waals surface area contributed by atoms with Crippen LogP contribution in [0.1, 0.15) is 18.1 Å². The summed E-state index contributed by atoms with van der Waals surface area (Å²) >= 11 is 0. The molecule has 0 aliphatic heterocycles. The number of hydrogen-bond acceptors (Lipinski definition) is 3. The van der Waals surface area contributed by atoms with Gasteiger partial charge in [-0.25, -0.2) is 0 Å². The second-order valence-electron chi connectivity index (χ2n) is 5.42. The van der Waals surface area contributed by atoms with Gasteiger partial charge in [0.2, 0.25) is 5.91 Å². The summed E-state index contributed by atoms with van der Waals surface area (Å²) in [5.74, 6) is 0.126. The molecule has 0 saturated heterocycles. The lowest BCUT2D eigenvalue weighted by Gasteiger charge is -2.10. The number of benzene rings is 2. The van der Waals surface area contributed by atoms with Crippen molar-refractivity contribution >= 4 is 23.2 Å². The molecule has 0 atom stereocenters. The molecule has 2 aromatic carbocycles. The maximum absolute atomic E-state index is 12.0. The molecule has 2 amide bonds. The Labute approximate surface area is 135 Å². The Bertz CT molecular complexity index is 706. The quantitative estimate of drug-likeness (QED) is 0.890. The van der Waals surface area contributed by atoms with E-state index in [0.717, 1.165) is 16.8 Å². The molecule has 0 spiro atoms. The molecule has 5 nitrogen and oxygen atoms in total. The summed E-state index contributed by atoms with van der Waals surface area (Å²) in [6.45, 7) is 5.29. The minimum Gasteiger partial charge on any atom is -0.484 e. The van der Waals surface area contributed by atoms with E-state index in [-0.39, 0.29) is 18.4 Å². The van der Waals surface area contributed by atoms with Crippen LogP contribution in [-0.4, -0.2) is 18.4 Å². The first-order valence-electron chi connectivity index (χ1n) is 7.31. The number of rotatable bonds is 5. The van der Waals surface area contributed by atoms with Gasteiger partial charge in [0.05, 0.1) is 0 Å². The highest BCUT2D eigenvalue weighted by Gasteiger charge is 2.05. The second kappa shape index (κ2) is 7.45. The van der Waals surface area contributed by atoms with Gasteiger partial charge >= 0.3 is 0 Å². The Kier molecular flexibility index (Phi) is 5.36. The molecule has 2 aromatic rings. The Morgan fingerprint density at radius 3 is 2.30 bits per heavy atom. The van der Waals surface area contributed by atoms with Crippen LogP contribution in [0.15, 0.2) is 42.5 Å². The number of aryl methyl sites for hydroxylation is 2. The van der Waals surface area contributed by atoms with E-state index in [1.165, 1.54) is 6.92 Å². The van der Waals surface area contributed by atoms with Crippen molar-refractivity contribution in [3.05, 3.63) is 53.6 Å². The van der Waals surface area contributed by atoms with Gasteiger partial charge in [-0.1, -0.05) is 12.1 Å². The molecular formula is C18H20N2O3. The molecule has 0 unspecified atom stereocenters. The van der Waals surface area contributed by atoms with E-state index in [4.69, 9.17) is 4.74 Å². The molecule has 0 saturated carbocycles. The lowest BCUT2D eigenvalue weighted by atomic mass is 10.1. The normalized spacial score (nSPS) is 10.0. The van der Waals surface area contributed by atoms with Crippen LogP contribution in [0.25, 0.3) is 0 Å². The summed E-state index contributed by atoms with van der Waals surface area (Å²) in [7, 11) is 0. The third-order valence-electron chi connectivity index (χ3n) is 3.03. The van der Waals surface area contributed by atoms with Crippen LogP contribution >= 0.6 is 0 Å². The van der Waals surface area contributed by atoms with Crippen molar-refractivity contribution in [2.75, 3.05) is 17.2 Å². The van der Waals surface area contributed by atoms with Crippen LogP contribution in [0.2, 0.25) is 0 Å². The zero-order valence-corrected chi connectivity index (χ0v) is 13.5. The van der Waals surface area contributed by atoms with Gasteiger partial charge in [-0.3, -0.25) is 9.59 Å². The van der Waals surface area contributed by atoms with Crippen LogP contribution in [0.4, 0.5) is 11.4 Å². The van der Waals surface area contributed by atoms with E-state index in [9.17, 15) is 9.59 Å². The van der Waals surface area contributed by atoms with Crippen molar-refractivity contribution in [3.8, 4) is 5.75 Å². The molecule has 0 fully saturated rings. The molecular weight excluding hydrogens is 292 g/mol. The largest absolute Gasteiger partial charge is 0.484 e. The minimum atomic E-state index is -0.236. The highest BCUT2D eigenvalue weighted by Crippen LogP contribution is 2.18. The lowest BCUT2D eigenvalue weighted by molar-refractivity contribution is -0.118. The Hall–Kier alpha value is -2.82. The first-order valence-corrected chi connectivity index (χ1v) is 7.31. The molecule has 0 aliphatic carbocycles. The number of carbonyl (C=O) groups is 2. The first kappa shape index (κ1) is 16.5. The Balaban J connectivity index is 1.92. The minimum absolute atomic E-state index is 0.101. The summed E-state index contributed by atoms with van der Waals surface area (Å²) in [4.78, 5) is 23.0. The first-order chi connectivity index (χ1) is 10.9. The summed E-state index contributed by atoms with van der Waals surface area (Å²) in [6, 6.07) is 12.8. The van der Waals surface area contributed by atoms with Crippen LogP contribution in [0.5, 0.6) is 5.75 Å². The van der Waals surface area contributed by atoms with Crippen molar-refractivity contribution in [2.45, 2.75) is 20.8 Å². The number of hydrogen-bond donors (Lipinski definition) is 2. The van der Waals surface area contributed by atoms with Crippen LogP contribution < -0.4 is 15.4 Å².